The molecule has 1 aliphatic rings. The van der Waals surface area contributed by atoms with Crippen LogP contribution in [-0.4, -0.2) is 32.2 Å². The summed E-state index contributed by atoms with van der Waals surface area (Å²) in [5, 5.41) is 6.43. The molecule has 2 atom stereocenters. The van der Waals surface area contributed by atoms with Gasteiger partial charge in [-0.1, -0.05) is 0 Å². The topological polar surface area (TPSA) is 59.6 Å². The van der Waals surface area contributed by atoms with Crippen molar-refractivity contribution in [1.29, 1.82) is 0 Å². The van der Waals surface area contributed by atoms with Crippen molar-refractivity contribution in [3.05, 3.63) is 23.8 Å². The monoisotopic (exact) mass is 306 g/mol. The summed E-state index contributed by atoms with van der Waals surface area (Å²) in [5.41, 5.74) is 0.424. The van der Waals surface area contributed by atoms with E-state index in [-0.39, 0.29) is 11.9 Å². The molecular formula is C17H26N2O3. The van der Waals surface area contributed by atoms with Crippen LogP contribution >= 0.6 is 0 Å². The van der Waals surface area contributed by atoms with Crippen molar-refractivity contribution >= 4 is 5.91 Å². The van der Waals surface area contributed by atoms with Crippen LogP contribution in [0.4, 0.5) is 0 Å². The van der Waals surface area contributed by atoms with Gasteiger partial charge in [-0.3, -0.25) is 4.79 Å². The van der Waals surface area contributed by atoms with E-state index in [2.05, 4.69) is 10.6 Å². The van der Waals surface area contributed by atoms with Crippen molar-refractivity contribution in [2.24, 2.45) is 0 Å². The maximum absolute atomic E-state index is 12.6. The maximum Gasteiger partial charge on any atom is 0.240 e. The highest BCUT2D eigenvalue weighted by molar-refractivity contribution is 5.86. The number of carbonyl (C=O) groups excluding carboxylic acids is 1. The van der Waals surface area contributed by atoms with Crippen molar-refractivity contribution in [2.45, 2.75) is 44.7 Å². The average molecular weight is 306 g/mol. The normalized spacial score (nSPS) is 22.7. The van der Waals surface area contributed by atoms with E-state index in [0.29, 0.717) is 0 Å². The summed E-state index contributed by atoms with van der Waals surface area (Å²) in [6.07, 6.45) is 3.07. The fourth-order valence-electron chi connectivity index (χ4n) is 2.86. The predicted octanol–water partition coefficient (Wildman–Crippen LogP) is 2.41. The Labute approximate surface area is 132 Å². The van der Waals surface area contributed by atoms with Gasteiger partial charge in [0, 0.05) is 5.56 Å². The molecule has 0 spiro atoms. The van der Waals surface area contributed by atoms with Crippen LogP contribution in [0.15, 0.2) is 18.2 Å². The Morgan fingerprint density at radius 1 is 1.32 bits per heavy atom. The van der Waals surface area contributed by atoms with Gasteiger partial charge in [0.2, 0.25) is 5.91 Å². The largest absolute Gasteiger partial charge is 0.497 e. The molecule has 1 saturated heterocycles. The van der Waals surface area contributed by atoms with Gasteiger partial charge in [0.25, 0.3) is 0 Å². The Morgan fingerprint density at radius 3 is 2.68 bits per heavy atom. The summed E-state index contributed by atoms with van der Waals surface area (Å²) in [7, 11) is 3.26. The number of ether oxygens (including phenoxy) is 2. The second kappa shape index (κ2) is 7.01. The van der Waals surface area contributed by atoms with E-state index in [1.807, 2.05) is 32.0 Å². The van der Waals surface area contributed by atoms with Crippen LogP contribution in [0.5, 0.6) is 11.5 Å². The minimum absolute atomic E-state index is 0.0320. The first kappa shape index (κ1) is 16.6. The molecule has 0 aromatic heterocycles. The Hall–Kier alpha value is -1.75. The molecule has 2 unspecified atom stereocenters. The molecule has 22 heavy (non-hydrogen) atoms. The number of hydrogen-bond donors (Lipinski definition) is 2. The third kappa shape index (κ3) is 3.53. The molecule has 0 saturated carbocycles. The second-order valence-corrected chi connectivity index (χ2v) is 6.02. The zero-order valence-electron chi connectivity index (χ0n) is 13.9. The molecule has 122 valence electrons. The SMILES string of the molecule is COc1ccc(OC)c(C(C)NC(=O)C2(C)CCCCN2)c1. The third-order valence-electron chi connectivity index (χ3n) is 4.37. The Balaban J connectivity index is 2.14. The van der Waals surface area contributed by atoms with E-state index in [0.717, 1.165) is 42.9 Å². The first-order valence-electron chi connectivity index (χ1n) is 7.78. The first-order chi connectivity index (χ1) is 10.5. The van der Waals surface area contributed by atoms with Gasteiger partial charge in [-0.2, -0.15) is 0 Å². The molecule has 0 radical (unpaired) electrons. The molecule has 1 heterocycles. The zero-order chi connectivity index (χ0) is 16.2. The molecule has 2 rings (SSSR count). The standard InChI is InChI=1S/C17H26N2O3/c1-12(14-11-13(21-3)7-8-15(14)22-4)19-16(20)17(2)9-5-6-10-18-17/h7-8,11-12,18H,5-6,9-10H2,1-4H3,(H,19,20). The summed E-state index contributed by atoms with van der Waals surface area (Å²) in [4.78, 5) is 12.6. The lowest BCUT2D eigenvalue weighted by atomic mass is 9.89. The zero-order valence-corrected chi connectivity index (χ0v) is 13.9. The molecule has 5 nitrogen and oxygen atoms in total. The third-order valence-corrected chi connectivity index (χ3v) is 4.37. The summed E-state index contributed by atoms with van der Waals surface area (Å²) in [5.74, 6) is 1.53. The minimum Gasteiger partial charge on any atom is -0.497 e. The fourth-order valence-corrected chi connectivity index (χ4v) is 2.86. The molecule has 5 heteroatoms. The molecule has 0 aliphatic carbocycles. The highest BCUT2D eigenvalue weighted by Gasteiger charge is 2.35. The van der Waals surface area contributed by atoms with Gasteiger partial charge in [0.1, 0.15) is 11.5 Å². The van der Waals surface area contributed by atoms with Crippen LogP contribution in [0.2, 0.25) is 0 Å². The van der Waals surface area contributed by atoms with Gasteiger partial charge < -0.3 is 20.1 Å². The molecule has 0 bridgehead atoms. The number of piperidine rings is 1. The van der Waals surface area contributed by atoms with Gasteiger partial charge in [-0.25, -0.2) is 0 Å². The van der Waals surface area contributed by atoms with E-state index in [1.54, 1.807) is 14.2 Å². The van der Waals surface area contributed by atoms with Crippen LogP contribution < -0.4 is 20.1 Å². The van der Waals surface area contributed by atoms with E-state index in [4.69, 9.17) is 9.47 Å². The molecule has 2 N–H and O–H groups in total. The molecular weight excluding hydrogens is 280 g/mol. The van der Waals surface area contributed by atoms with Crippen molar-refractivity contribution in [2.75, 3.05) is 20.8 Å². The minimum atomic E-state index is -0.487. The fraction of sp³-hybridized carbons (Fsp3) is 0.588. The van der Waals surface area contributed by atoms with Crippen molar-refractivity contribution in [1.82, 2.24) is 10.6 Å². The number of benzene rings is 1. The van der Waals surface area contributed by atoms with Gasteiger partial charge >= 0.3 is 0 Å². The van der Waals surface area contributed by atoms with Gasteiger partial charge in [0.15, 0.2) is 0 Å². The highest BCUT2D eigenvalue weighted by Crippen LogP contribution is 2.30. The number of nitrogens with one attached hydrogen (secondary N) is 2. The predicted molar refractivity (Wildman–Crippen MR) is 86.4 cm³/mol. The molecule has 1 aromatic rings. The Morgan fingerprint density at radius 2 is 2.09 bits per heavy atom. The molecule has 1 aromatic carbocycles. The van der Waals surface area contributed by atoms with Gasteiger partial charge in [-0.15, -0.1) is 0 Å². The summed E-state index contributed by atoms with van der Waals surface area (Å²) < 4.78 is 10.7. The lowest BCUT2D eigenvalue weighted by molar-refractivity contribution is -0.128. The number of hydrogen-bond acceptors (Lipinski definition) is 4. The number of methoxy groups -OCH3 is 2. The van der Waals surface area contributed by atoms with Crippen LogP contribution in [0.25, 0.3) is 0 Å². The smallest absolute Gasteiger partial charge is 0.240 e. The number of amides is 1. The molecule has 1 aliphatic heterocycles. The van der Waals surface area contributed by atoms with E-state index < -0.39 is 5.54 Å². The number of rotatable bonds is 5. The van der Waals surface area contributed by atoms with E-state index in [9.17, 15) is 4.79 Å². The summed E-state index contributed by atoms with van der Waals surface area (Å²) in [6, 6.07) is 5.46. The lowest BCUT2D eigenvalue weighted by Crippen LogP contribution is -2.57. The van der Waals surface area contributed by atoms with E-state index in [1.165, 1.54) is 0 Å². The highest BCUT2D eigenvalue weighted by atomic mass is 16.5. The van der Waals surface area contributed by atoms with Gasteiger partial charge in [0.05, 0.1) is 25.8 Å². The van der Waals surface area contributed by atoms with Crippen molar-refractivity contribution in [3.8, 4) is 11.5 Å². The van der Waals surface area contributed by atoms with Crippen molar-refractivity contribution in [3.63, 3.8) is 0 Å². The molecule has 1 fully saturated rings. The van der Waals surface area contributed by atoms with Crippen LogP contribution in [0.3, 0.4) is 0 Å². The van der Waals surface area contributed by atoms with Crippen LogP contribution in [0.1, 0.15) is 44.7 Å². The Bertz CT molecular complexity index is 525. The Kier molecular flexibility index (Phi) is 5.29. The number of carbonyl (C=O) groups is 1. The quantitative estimate of drug-likeness (QED) is 0.877. The van der Waals surface area contributed by atoms with E-state index >= 15 is 0 Å². The van der Waals surface area contributed by atoms with Crippen LogP contribution in [0, 0.1) is 0 Å². The van der Waals surface area contributed by atoms with Gasteiger partial charge in [-0.05, 0) is 57.9 Å². The molecule has 1 amide bonds. The van der Waals surface area contributed by atoms with Crippen molar-refractivity contribution < 1.29 is 14.3 Å². The summed E-state index contributed by atoms with van der Waals surface area (Å²) >= 11 is 0. The maximum atomic E-state index is 12.6. The average Bonchev–Trinajstić information content (AvgIpc) is 2.54. The lowest BCUT2D eigenvalue weighted by Gasteiger charge is -2.34. The summed E-state index contributed by atoms with van der Waals surface area (Å²) in [6.45, 7) is 4.82. The van der Waals surface area contributed by atoms with Crippen LogP contribution in [-0.2, 0) is 4.79 Å². The first-order valence-corrected chi connectivity index (χ1v) is 7.78. The second-order valence-electron chi connectivity index (χ2n) is 6.02.